The Labute approximate surface area is 135 Å². The highest BCUT2D eigenvalue weighted by Gasteiger charge is 2.27. The van der Waals surface area contributed by atoms with Gasteiger partial charge in [-0.25, -0.2) is 4.98 Å². The number of nitrogens with zero attached hydrogens (tertiary/aromatic N) is 1. The molecule has 1 unspecified atom stereocenters. The second-order valence-electron chi connectivity index (χ2n) is 4.71. The van der Waals surface area contributed by atoms with Crippen LogP contribution in [0.3, 0.4) is 0 Å². The number of nitrogens with one attached hydrogen (secondary N) is 1. The van der Waals surface area contributed by atoms with E-state index in [0.29, 0.717) is 18.7 Å². The van der Waals surface area contributed by atoms with E-state index in [2.05, 4.69) is 26.2 Å². The van der Waals surface area contributed by atoms with Crippen LogP contribution in [-0.4, -0.2) is 17.5 Å². The third-order valence-electron chi connectivity index (χ3n) is 3.34. The molecule has 1 atom stereocenters. The van der Waals surface area contributed by atoms with Gasteiger partial charge in [0.15, 0.2) is 5.15 Å². The molecule has 1 aliphatic rings. The van der Waals surface area contributed by atoms with Crippen molar-refractivity contribution in [2.24, 2.45) is 0 Å². The van der Waals surface area contributed by atoms with Gasteiger partial charge in [0.05, 0.1) is 18.2 Å². The molecule has 1 aromatic heterocycles. The fourth-order valence-electron chi connectivity index (χ4n) is 2.34. The number of amides is 1. The molecule has 1 aliphatic heterocycles. The molecule has 1 aromatic carbocycles. The van der Waals surface area contributed by atoms with Crippen molar-refractivity contribution in [3.05, 3.63) is 51.7 Å². The lowest BCUT2D eigenvalue weighted by Gasteiger charge is -2.25. The first-order valence-electron chi connectivity index (χ1n) is 6.49. The number of rotatable bonds is 2. The topological polar surface area (TPSA) is 51.2 Å². The molecule has 0 aliphatic carbocycles. The summed E-state index contributed by atoms with van der Waals surface area (Å²) in [5.74, 6) is 0.417. The number of benzene rings is 1. The third-order valence-corrected chi connectivity index (χ3v) is 4.07. The van der Waals surface area contributed by atoms with Crippen molar-refractivity contribution >= 4 is 39.1 Å². The predicted octanol–water partition coefficient (Wildman–Crippen LogP) is 4.00. The molecule has 108 valence electrons. The van der Waals surface area contributed by atoms with Gasteiger partial charge in [-0.3, -0.25) is 4.79 Å². The number of aromatic nitrogens is 1. The molecule has 2 heterocycles. The minimum absolute atomic E-state index is 0.104. The van der Waals surface area contributed by atoms with Crippen LogP contribution in [0.15, 0.2) is 41.0 Å². The lowest BCUT2D eigenvalue weighted by Crippen LogP contribution is -2.26. The molecule has 3 rings (SSSR count). The number of carbonyl (C=O) groups is 1. The number of anilines is 1. The van der Waals surface area contributed by atoms with E-state index < -0.39 is 0 Å². The number of hydrogen-bond donors (Lipinski definition) is 1. The van der Waals surface area contributed by atoms with Crippen LogP contribution in [-0.2, 0) is 4.79 Å². The van der Waals surface area contributed by atoms with Gasteiger partial charge in [0, 0.05) is 16.2 Å². The van der Waals surface area contributed by atoms with Crippen molar-refractivity contribution in [2.45, 2.75) is 12.3 Å². The molecule has 21 heavy (non-hydrogen) atoms. The highest BCUT2D eigenvalue weighted by atomic mass is 79.9. The Hall–Kier alpha value is -1.59. The van der Waals surface area contributed by atoms with Crippen molar-refractivity contribution < 1.29 is 9.53 Å². The average Bonchev–Trinajstić information content (AvgIpc) is 2.50. The molecule has 0 fully saturated rings. The van der Waals surface area contributed by atoms with E-state index in [0.717, 1.165) is 15.8 Å². The Balaban J connectivity index is 1.85. The van der Waals surface area contributed by atoms with Gasteiger partial charge >= 0.3 is 0 Å². The lowest BCUT2D eigenvalue weighted by molar-refractivity contribution is -0.118. The third kappa shape index (κ3) is 3.04. The zero-order chi connectivity index (χ0) is 14.8. The van der Waals surface area contributed by atoms with Crippen LogP contribution in [0.25, 0.3) is 0 Å². The Morgan fingerprint density at radius 1 is 1.43 bits per heavy atom. The van der Waals surface area contributed by atoms with Crippen molar-refractivity contribution in [1.29, 1.82) is 0 Å². The Morgan fingerprint density at radius 2 is 2.24 bits per heavy atom. The highest BCUT2D eigenvalue weighted by Crippen LogP contribution is 2.34. The van der Waals surface area contributed by atoms with Gasteiger partial charge in [-0.15, -0.1) is 0 Å². The van der Waals surface area contributed by atoms with Gasteiger partial charge in [0.1, 0.15) is 5.75 Å². The summed E-state index contributed by atoms with van der Waals surface area (Å²) in [6, 6.07) is 9.33. The summed E-state index contributed by atoms with van der Waals surface area (Å²) in [6.45, 7) is 0.527. The number of halogens is 2. The average molecular weight is 368 g/mol. The van der Waals surface area contributed by atoms with Crippen LogP contribution >= 0.6 is 27.5 Å². The number of hydrogen-bond acceptors (Lipinski definition) is 3. The van der Waals surface area contributed by atoms with Gasteiger partial charge in [-0.1, -0.05) is 29.8 Å². The number of ether oxygens (including phenoxy) is 1. The molecule has 4 nitrogen and oxygen atoms in total. The molecule has 0 bridgehead atoms. The van der Waals surface area contributed by atoms with Crippen molar-refractivity contribution in [2.75, 3.05) is 11.9 Å². The Bertz CT molecular complexity index is 693. The van der Waals surface area contributed by atoms with Crippen LogP contribution in [0, 0.1) is 0 Å². The van der Waals surface area contributed by atoms with E-state index in [9.17, 15) is 4.79 Å². The molecule has 2 aromatic rings. The predicted molar refractivity (Wildman–Crippen MR) is 84.9 cm³/mol. The normalized spacial score (nSPS) is 16.8. The minimum Gasteiger partial charge on any atom is -0.493 e. The Kier molecular flexibility index (Phi) is 4.12. The molecule has 0 saturated carbocycles. The zero-order valence-corrected chi connectivity index (χ0v) is 13.3. The fraction of sp³-hybridized carbons (Fsp3) is 0.200. The van der Waals surface area contributed by atoms with Gasteiger partial charge in [0.25, 0.3) is 0 Å². The first-order valence-corrected chi connectivity index (χ1v) is 7.66. The molecule has 1 N–H and O–H groups in total. The van der Waals surface area contributed by atoms with Gasteiger partial charge in [-0.05, 0) is 34.5 Å². The number of para-hydroxylation sites is 1. The van der Waals surface area contributed by atoms with Crippen molar-refractivity contribution in [3.63, 3.8) is 0 Å². The largest absolute Gasteiger partial charge is 0.493 e. The molecule has 0 spiro atoms. The Morgan fingerprint density at radius 3 is 3.10 bits per heavy atom. The molecule has 0 radical (unpaired) electrons. The SMILES string of the molecule is O=C(Nc1cc(Br)cnc1Cl)C1CCOc2ccccc21. The van der Waals surface area contributed by atoms with Crippen LogP contribution in [0.2, 0.25) is 5.15 Å². The first-order chi connectivity index (χ1) is 10.1. The number of fused-ring (bicyclic) bond motifs is 1. The first kappa shape index (κ1) is 14.4. The minimum atomic E-state index is -0.245. The van der Waals surface area contributed by atoms with Crippen molar-refractivity contribution in [1.82, 2.24) is 4.98 Å². The van der Waals surface area contributed by atoms with Crippen LogP contribution < -0.4 is 10.1 Å². The van der Waals surface area contributed by atoms with Crippen LogP contribution in [0.4, 0.5) is 5.69 Å². The second-order valence-corrected chi connectivity index (χ2v) is 5.98. The summed E-state index contributed by atoms with van der Waals surface area (Å²) in [7, 11) is 0. The van der Waals surface area contributed by atoms with Crippen LogP contribution in [0.1, 0.15) is 17.9 Å². The molecule has 6 heteroatoms. The zero-order valence-electron chi connectivity index (χ0n) is 11.0. The van der Waals surface area contributed by atoms with Crippen molar-refractivity contribution in [3.8, 4) is 5.75 Å². The summed E-state index contributed by atoms with van der Waals surface area (Å²) >= 11 is 9.32. The lowest BCUT2D eigenvalue weighted by atomic mass is 9.92. The number of pyridine rings is 1. The standard InChI is InChI=1S/C15H12BrClN2O2/c16-9-7-12(14(17)18-8-9)19-15(20)11-5-6-21-13-4-2-1-3-10(11)13/h1-4,7-8,11H,5-6H2,(H,19,20). The van der Waals surface area contributed by atoms with E-state index in [-0.39, 0.29) is 17.0 Å². The maximum absolute atomic E-state index is 12.5. The quantitative estimate of drug-likeness (QED) is 0.816. The molecular weight excluding hydrogens is 356 g/mol. The van der Waals surface area contributed by atoms with E-state index in [1.165, 1.54) is 0 Å². The van der Waals surface area contributed by atoms with E-state index in [4.69, 9.17) is 16.3 Å². The highest BCUT2D eigenvalue weighted by molar-refractivity contribution is 9.10. The maximum Gasteiger partial charge on any atom is 0.232 e. The van der Waals surface area contributed by atoms with Gasteiger partial charge in [0.2, 0.25) is 5.91 Å². The molecular formula is C15H12BrClN2O2. The summed E-state index contributed by atoms with van der Waals surface area (Å²) in [6.07, 6.45) is 2.23. The summed E-state index contributed by atoms with van der Waals surface area (Å²) in [4.78, 5) is 16.5. The van der Waals surface area contributed by atoms with Gasteiger partial charge < -0.3 is 10.1 Å². The summed E-state index contributed by atoms with van der Waals surface area (Å²) in [5.41, 5.74) is 1.40. The van der Waals surface area contributed by atoms with Gasteiger partial charge in [-0.2, -0.15) is 0 Å². The van der Waals surface area contributed by atoms with E-state index in [1.54, 1.807) is 12.3 Å². The maximum atomic E-state index is 12.5. The number of carbonyl (C=O) groups excluding carboxylic acids is 1. The van der Waals surface area contributed by atoms with Crippen LogP contribution in [0.5, 0.6) is 5.75 Å². The second kappa shape index (κ2) is 6.03. The van der Waals surface area contributed by atoms with E-state index in [1.807, 2.05) is 24.3 Å². The smallest absolute Gasteiger partial charge is 0.232 e. The fourth-order valence-corrected chi connectivity index (χ4v) is 2.83. The molecule has 0 saturated heterocycles. The molecule has 1 amide bonds. The van der Waals surface area contributed by atoms with E-state index >= 15 is 0 Å². The summed E-state index contributed by atoms with van der Waals surface area (Å²) in [5, 5.41) is 3.11. The monoisotopic (exact) mass is 366 g/mol. The summed E-state index contributed by atoms with van der Waals surface area (Å²) < 4.78 is 6.33.